The molecule has 3 N–H and O–H groups in total. The van der Waals surface area contributed by atoms with E-state index in [4.69, 9.17) is 34.8 Å². The quantitative estimate of drug-likeness (QED) is 0.670. The van der Waals surface area contributed by atoms with Crippen LogP contribution in [-0.4, -0.2) is 52.2 Å². The molecule has 2 aliphatic heterocycles. The number of phenols is 1. The number of hydrogen-bond donors (Lipinski definition) is 3. The second-order valence-corrected chi connectivity index (χ2v) is 7.09. The molecule has 6 nitrogen and oxygen atoms in total. The summed E-state index contributed by atoms with van der Waals surface area (Å²) in [5, 5.41) is 22.4. The summed E-state index contributed by atoms with van der Waals surface area (Å²) in [6, 6.07) is -0.234. The molecule has 0 saturated carbocycles. The van der Waals surface area contributed by atoms with Crippen molar-refractivity contribution in [3.63, 3.8) is 0 Å². The number of hydrogen-bond acceptors (Lipinski definition) is 4. The minimum absolute atomic E-state index is 0.0800. The third-order valence-corrected chi connectivity index (χ3v) is 5.85. The average molecular weight is 394 g/mol. The van der Waals surface area contributed by atoms with E-state index >= 15 is 0 Å². The van der Waals surface area contributed by atoms with Crippen molar-refractivity contribution in [1.29, 1.82) is 0 Å². The molecule has 3 atom stereocenters. The Kier molecular flexibility index (Phi) is 4.84. The van der Waals surface area contributed by atoms with Gasteiger partial charge in [0.15, 0.2) is 0 Å². The number of aromatic hydroxyl groups is 1. The summed E-state index contributed by atoms with van der Waals surface area (Å²) in [6.45, 7) is -0.106. The summed E-state index contributed by atoms with van der Waals surface area (Å²) < 4.78 is 0. The van der Waals surface area contributed by atoms with Crippen LogP contribution in [0, 0.1) is 0 Å². The Bertz CT molecular complexity index is 712. The lowest BCUT2D eigenvalue weighted by Gasteiger charge is -2.44. The molecule has 3 rings (SSSR count). The van der Waals surface area contributed by atoms with Gasteiger partial charge in [-0.3, -0.25) is 9.59 Å². The number of halogens is 3. The number of piperazine rings is 1. The van der Waals surface area contributed by atoms with Crippen molar-refractivity contribution >= 4 is 46.6 Å². The SMILES string of the molecule is O=C1NC(CO)C(=O)N2CC[C@@H](c3c(O)cc(Cl)c(Cl)c3Cl)C[C@@H]12. The lowest BCUT2D eigenvalue weighted by molar-refractivity contribution is -0.152. The van der Waals surface area contributed by atoms with Crippen LogP contribution >= 0.6 is 34.8 Å². The van der Waals surface area contributed by atoms with Crippen molar-refractivity contribution in [2.45, 2.75) is 30.8 Å². The first-order valence-electron chi connectivity index (χ1n) is 7.43. The molecule has 0 spiro atoms. The van der Waals surface area contributed by atoms with Gasteiger partial charge >= 0.3 is 0 Å². The number of aliphatic hydroxyl groups is 1. The number of aliphatic hydroxyl groups excluding tert-OH is 1. The van der Waals surface area contributed by atoms with Crippen LogP contribution < -0.4 is 5.32 Å². The van der Waals surface area contributed by atoms with E-state index in [1.807, 2.05) is 0 Å². The average Bonchev–Trinajstić information content (AvgIpc) is 2.56. The maximum absolute atomic E-state index is 12.3. The zero-order valence-corrected chi connectivity index (χ0v) is 14.7. The Morgan fingerprint density at radius 3 is 2.62 bits per heavy atom. The first-order chi connectivity index (χ1) is 11.3. The Morgan fingerprint density at radius 2 is 1.96 bits per heavy atom. The summed E-state index contributed by atoms with van der Waals surface area (Å²) in [7, 11) is 0. The highest BCUT2D eigenvalue weighted by Crippen LogP contribution is 2.46. The van der Waals surface area contributed by atoms with Gasteiger partial charge in [-0.1, -0.05) is 34.8 Å². The molecule has 9 heteroatoms. The molecule has 24 heavy (non-hydrogen) atoms. The number of fused-ring (bicyclic) bond motifs is 1. The number of nitrogens with zero attached hydrogens (tertiary/aromatic N) is 1. The lowest BCUT2D eigenvalue weighted by Crippen LogP contribution is -2.66. The molecule has 2 fully saturated rings. The first kappa shape index (κ1) is 17.6. The van der Waals surface area contributed by atoms with Gasteiger partial charge in [0, 0.05) is 18.2 Å². The fraction of sp³-hybridized carbons (Fsp3) is 0.467. The zero-order valence-electron chi connectivity index (χ0n) is 12.4. The molecular formula is C15H15Cl3N2O4. The Balaban J connectivity index is 1.90. The van der Waals surface area contributed by atoms with Crippen LogP contribution in [0.3, 0.4) is 0 Å². The van der Waals surface area contributed by atoms with E-state index in [2.05, 4.69) is 5.32 Å². The van der Waals surface area contributed by atoms with Crippen LogP contribution in [0.5, 0.6) is 5.75 Å². The Morgan fingerprint density at radius 1 is 1.25 bits per heavy atom. The standard InChI is InChI=1S/C15H15Cl3N2O4/c16-7-4-10(22)11(13(18)12(7)17)6-1-2-20-9(3-6)14(23)19-8(5-21)15(20)24/h4,6,8-9,21-22H,1-3,5H2,(H,19,23)/t6-,8?,9+/m1/s1. The van der Waals surface area contributed by atoms with Crippen molar-refractivity contribution in [2.75, 3.05) is 13.2 Å². The number of nitrogens with one attached hydrogen (secondary N) is 1. The Hall–Kier alpha value is -1.21. The molecular weight excluding hydrogens is 379 g/mol. The molecule has 0 aromatic heterocycles. The number of piperidine rings is 1. The predicted octanol–water partition coefficient (Wildman–Crippen LogP) is 1.92. The molecule has 1 unspecified atom stereocenters. The second kappa shape index (κ2) is 6.59. The summed E-state index contributed by atoms with van der Waals surface area (Å²) in [6.07, 6.45) is 0.819. The molecule has 130 valence electrons. The number of phenolic OH excluding ortho intramolecular Hbond substituents is 1. The van der Waals surface area contributed by atoms with Gasteiger partial charge in [0.05, 0.1) is 21.7 Å². The molecule has 2 aliphatic rings. The highest BCUT2D eigenvalue weighted by molar-refractivity contribution is 6.48. The molecule has 0 radical (unpaired) electrons. The maximum Gasteiger partial charge on any atom is 0.248 e. The van der Waals surface area contributed by atoms with Gasteiger partial charge in [-0.15, -0.1) is 0 Å². The maximum atomic E-state index is 12.3. The lowest BCUT2D eigenvalue weighted by atomic mass is 9.83. The zero-order chi connectivity index (χ0) is 17.6. The van der Waals surface area contributed by atoms with Crippen LogP contribution in [0.15, 0.2) is 6.07 Å². The Labute approximate surface area is 153 Å². The van der Waals surface area contributed by atoms with E-state index in [0.29, 0.717) is 24.9 Å². The van der Waals surface area contributed by atoms with Gasteiger partial charge in [0.2, 0.25) is 11.8 Å². The largest absolute Gasteiger partial charge is 0.508 e. The van der Waals surface area contributed by atoms with E-state index < -0.39 is 18.7 Å². The van der Waals surface area contributed by atoms with Crippen LogP contribution in [-0.2, 0) is 9.59 Å². The fourth-order valence-electron chi connectivity index (χ4n) is 3.38. The van der Waals surface area contributed by atoms with E-state index in [1.54, 1.807) is 0 Å². The van der Waals surface area contributed by atoms with E-state index in [9.17, 15) is 19.8 Å². The highest BCUT2D eigenvalue weighted by Gasteiger charge is 2.44. The third-order valence-electron chi connectivity index (χ3n) is 4.57. The van der Waals surface area contributed by atoms with Gasteiger partial charge in [-0.05, 0) is 18.8 Å². The summed E-state index contributed by atoms with van der Waals surface area (Å²) >= 11 is 18.2. The van der Waals surface area contributed by atoms with Crippen molar-refractivity contribution in [2.24, 2.45) is 0 Å². The number of benzene rings is 1. The van der Waals surface area contributed by atoms with Crippen molar-refractivity contribution in [1.82, 2.24) is 10.2 Å². The van der Waals surface area contributed by atoms with Crippen molar-refractivity contribution < 1.29 is 19.8 Å². The summed E-state index contributed by atoms with van der Waals surface area (Å²) in [5.41, 5.74) is 0.440. The van der Waals surface area contributed by atoms with Gasteiger partial charge in [0.25, 0.3) is 0 Å². The second-order valence-electron chi connectivity index (χ2n) is 5.93. The topological polar surface area (TPSA) is 89.9 Å². The summed E-state index contributed by atoms with van der Waals surface area (Å²) in [5.74, 6) is -0.944. The molecule has 1 aromatic carbocycles. The number of amides is 2. The van der Waals surface area contributed by atoms with Gasteiger partial charge in [0.1, 0.15) is 17.8 Å². The monoisotopic (exact) mass is 392 g/mol. The number of rotatable bonds is 2. The van der Waals surface area contributed by atoms with Crippen LogP contribution in [0.2, 0.25) is 15.1 Å². The van der Waals surface area contributed by atoms with Gasteiger partial charge < -0.3 is 20.4 Å². The molecule has 0 bridgehead atoms. The predicted molar refractivity (Wildman–Crippen MR) is 89.6 cm³/mol. The molecule has 0 aliphatic carbocycles. The first-order valence-corrected chi connectivity index (χ1v) is 8.56. The minimum atomic E-state index is -0.896. The molecule has 2 heterocycles. The number of carbonyl (C=O) groups excluding carboxylic acids is 2. The van der Waals surface area contributed by atoms with Crippen LogP contribution in [0.25, 0.3) is 0 Å². The minimum Gasteiger partial charge on any atom is -0.508 e. The van der Waals surface area contributed by atoms with Crippen LogP contribution in [0.4, 0.5) is 0 Å². The van der Waals surface area contributed by atoms with Crippen molar-refractivity contribution in [3.05, 3.63) is 26.7 Å². The molecule has 1 aromatic rings. The van der Waals surface area contributed by atoms with Gasteiger partial charge in [-0.25, -0.2) is 0 Å². The van der Waals surface area contributed by atoms with Crippen LogP contribution in [0.1, 0.15) is 24.3 Å². The normalized spacial score (nSPS) is 27.0. The number of carbonyl (C=O) groups is 2. The fourth-order valence-corrected chi connectivity index (χ4v) is 4.13. The molecule has 2 amide bonds. The summed E-state index contributed by atoms with van der Waals surface area (Å²) in [4.78, 5) is 26.0. The van der Waals surface area contributed by atoms with Crippen molar-refractivity contribution in [3.8, 4) is 5.75 Å². The third kappa shape index (κ3) is 2.81. The molecule has 2 saturated heterocycles. The van der Waals surface area contributed by atoms with E-state index in [0.717, 1.165) is 0 Å². The van der Waals surface area contributed by atoms with Gasteiger partial charge in [-0.2, -0.15) is 0 Å². The van der Waals surface area contributed by atoms with E-state index in [-0.39, 0.29) is 38.5 Å². The highest BCUT2D eigenvalue weighted by atomic mass is 35.5. The van der Waals surface area contributed by atoms with E-state index in [1.165, 1.54) is 11.0 Å². The smallest absolute Gasteiger partial charge is 0.248 e.